The predicted octanol–water partition coefficient (Wildman–Crippen LogP) is 3.49. The summed E-state index contributed by atoms with van der Waals surface area (Å²) in [5, 5.41) is 0. The van der Waals surface area contributed by atoms with Gasteiger partial charge in [0.05, 0.1) is 6.61 Å². The van der Waals surface area contributed by atoms with Gasteiger partial charge in [0.1, 0.15) is 11.5 Å². The normalized spacial score (nSPS) is 24.0. The van der Waals surface area contributed by atoms with Crippen LogP contribution in [0.5, 0.6) is 5.75 Å². The molecule has 1 unspecified atom stereocenters. The topological polar surface area (TPSA) is 26.3 Å². The Labute approximate surface area is 103 Å². The molecule has 0 aliphatic heterocycles. The van der Waals surface area contributed by atoms with Gasteiger partial charge in [0.2, 0.25) is 0 Å². The van der Waals surface area contributed by atoms with Crippen molar-refractivity contribution in [2.75, 3.05) is 6.61 Å². The van der Waals surface area contributed by atoms with Gasteiger partial charge >= 0.3 is 0 Å². The van der Waals surface area contributed by atoms with Gasteiger partial charge in [-0.3, -0.25) is 4.79 Å². The summed E-state index contributed by atoms with van der Waals surface area (Å²) >= 11 is 0. The summed E-state index contributed by atoms with van der Waals surface area (Å²) in [6.45, 7) is 5.04. The minimum Gasteiger partial charge on any atom is -0.494 e. The molecule has 92 valence electrons. The summed E-state index contributed by atoms with van der Waals surface area (Å²) in [6, 6.07) is 8.23. The zero-order valence-electron chi connectivity index (χ0n) is 10.7. The zero-order valence-corrected chi connectivity index (χ0v) is 10.7. The van der Waals surface area contributed by atoms with Crippen molar-refractivity contribution in [1.29, 1.82) is 0 Å². The summed E-state index contributed by atoms with van der Waals surface area (Å²) in [5.41, 5.74) is 1.30. The van der Waals surface area contributed by atoms with Crippen LogP contribution in [0, 0.1) is 0 Å². The molecule has 2 nitrogen and oxygen atoms in total. The minimum atomic E-state index is 0.0420. The summed E-state index contributed by atoms with van der Waals surface area (Å²) in [6.07, 6.45) is 3.40. The number of benzene rings is 1. The number of carbonyl (C=O) groups is 1. The number of hydrogen-bond donors (Lipinski definition) is 0. The Kier molecular flexibility index (Phi) is 3.51. The van der Waals surface area contributed by atoms with Crippen molar-refractivity contribution in [2.45, 2.75) is 44.9 Å². The van der Waals surface area contributed by atoms with Crippen molar-refractivity contribution in [2.24, 2.45) is 0 Å². The average Bonchev–Trinajstić information content (AvgIpc) is 2.68. The van der Waals surface area contributed by atoms with Crippen LogP contribution in [0.4, 0.5) is 0 Å². The lowest BCUT2D eigenvalue weighted by molar-refractivity contribution is -0.117. The molecule has 1 aliphatic carbocycles. The lowest BCUT2D eigenvalue weighted by Crippen LogP contribution is -2.17. The molecule has 1 fully saturated rings. The van der Waals surface area contributed by atoms with Gasteiger partial charge in [-0.15, -0.1) is 0 Å². The highest BCUT2D eigenvalue weighted by molar-refractivity contribution is 5.82. The zero-order chi connectivity index (χ0) is 12.3. The SMILES string of the molecule is CCCOc1ccc(C2(C)CCC(=O)C2)cc1. The molecule has 1 aromatic carbocycles. The van der Waals surface area contributed by atoms with E-state index in [4.69, 9.17) is 4.74 Å². The monoisotopic (exact) mass is 232 g/mol. The Bertz CT molecular complexity index is 394. The number of ether oxygens (including phenoxy) is 1. The summed E-state index contributed by atoms with van der Waals surface area (Å²) in [4.78, 5) is 11.4. The van der Waals surface area contributed by atoms with Gasteiger partial charge in [-0.05, 0) is 36.0 Å². The first-order valence-electron chi connectivity index (χ1n) is 6.39. The molecular weight excluding hydrogens is 212 g/mol. The molecule has 1 aromatic rings. The number of rotatable bonds is 4. The van der Waals surface area contributed by atoms with Crippen molar-refractivity contribution < 1.29 is 9.53 Å². The predicted molar refractivity (Wildman–Crippen MR) is 68.4 cm³/mol. The maximum Gasteiger partial charge on any atom is 0.133 e. The van der Waals surface area contributed by atoms with E-state index in [0.717, 1.165) is 31.6 Å². The van der Waals surface area contributed by atoms with Crippen molar-refractivity contribution in [3.8, 4) is 5.75 Å². The van der Waals surface area contributed by atoms with E-state index in [9.17, 15) is 4.79 Å². The van der Waals surface area contributed by atoms with E-state index in [1.54, 1.807) is 0 Å². The largest absolute Gasteiger partial charge is 0.494 e. The molecule has 0 amide bonds. The van der Waals surface area contributed by atoms with Crippen molar-refractivity contribution in [3.05, 3.63) is 29.8 Å². The van der Waals surface area contributed by atoms with Gasteiger partial charge in [0.25, 0.3) is 0 Å². The second-order valence-corrected chi connectivity index (χ2v) is 5.15. The van der Waals surface area contributed by atoms with Crippen LogP contribution in [0.1, 0.15) is 45.1 Å². The molecule has 1 atom stereocenters. The number of hydrogen-bond acceptors (Lipinski definition) is 2. The average molecular weight is 232 g/mol. The smallest absolute Gasteiger partial charge is 0.133 e. The first kappa shape index (κ1) is 12.2. The number of Topliss-reactive ketones (excluding diaryl/α,β-unsaturated/α-hetero) is 1. The van der Waals surface area contributed by atoms with Crippen LogP contribution in [-0.4, -0.2) is 12.4 Å². The van der Waals surface area contributed by atoms with E-state index in [1.165, 1.54) is 5.56 Å². The van der Waals surface area contributed by atoms with Gasteiger partial charge in [0, 0.05) is 12.8 Å². The van der Waals surface area contributed by atoms with Crippen molar-refractivity contribution >= 4 is 5.78 Å². The highest BCUT2D eigenvalue weighted by Crippen LogP contribution is 2.39. The number of carbonyl (C=O) groups excluding carboxylic acids is 1. The van der Waals surface area contributed by atoms with Crippen LogP contribution >= 0.6 is 0 Å². The van der Waals surface area contributed by atoms with Crippen LogP contribution in [0.2, 0.25) is 0 Å². The lowest BCUT2D eigenvalue weighted by Gasteiger charge is -2.23. The van der Waals surface area contributed by atoms with Gasteiger partial charge < -0.3 is 4.74 Å². The van der Waals surface area contributed by atoms with E-state index in [-0.39, 0.29) is 5.41 Å². The third-order valence-electron chi connectivity index (χ3n) is 3.57. The summed E-state index contributed by atoms with van der Waals surface area (Å²) in [5.74, 6) is 1.31. The second-order valence-electron chi connectivity index (χ2n) is 5.15. The molecule has 0 bridgehead atoms. The van der Waals surface area contributed by atoms with Gasteiger partial charge in [-0.1, -0.05) is 26.0 Å². The van der Waals surface area contributed by atoms with Crippen LogP contribution in [0.3, 0.4) is 0 Å². The number of ketones is 1. The van der Waals surface area contributed by atoms with Gasteiger partial charge in [-0.2, -0.15) is 0 Å². The van der Waals surface area contributed by atoms with Crippen molar-refractivity contribution in [1.82, 2.24) is 0 Å². The maximum absolute atomic E-state index is 11.4. The molecule has 0 heterocycles. The molecule has 0 radical (unpaired) electrons. The Morgan fingerprint density at radius 3 is 2.53 bits per heavy atom. The Hall–Kier alpha value is -1.31. The van der Waals surface area contributed by atoms with Gasteiger partial charge in [0.15, 0.2) is 0 Å². The van der Waals surface area contributed by atoms with Crippen LogP contribution in [-0.2, 0) is 10.2 Å². The minimum absolute atomic E-state index is 0.0420. The molecule has 2 rings (SSSR count). The fraction of sp³-hybridized carbons (Fsp3) is 0.533. The summed E-state index contributed by atoms with van der Waals surface area (Å²) < 4.78 is 5.56. The Morgan fingerprint density at radius 2 is 2.00 bits per heavy atom. The highest BCUT2D eigenvalue weighted by atomic mass is 16.5. The van der Waals surface area contributed by atoms with E-state index in [1.807, 2.05) is 12.1 Å². The molecular formula is C15H20O2. The van der Waals surface area contributed by atoms with Crippen LogP contribution in [0.25, 0.3) is 0 Å². The third kappa shape index (κ3) is 2.68. The fourth-order valence-corrected chi connectivity index (χ4v) is 2.45. The van der Waals surface area contributed by atoms with E-state index >= 15 is 0 Å². The summed E-state index contributed by atoms with van der Waals surface area (Å²) in [7, 11) is 0. The molecule has 1 saturated carbocycles. The Morgan fingerprint density at radius 1 is 1.29 bits per heavy atom. The second kappa shape index (κ2) is 4.91. The van der Waals surface area contributed by atoms with Crippen molar-refractivity contribution in [3.63, 3.8) is 0 Å². The lowest BCUT2D eigenvalue weighted by atomic mass is 9.81. The highest BCUT2D eigenvalue weighted by Gasteiger charge is 2.35. The maximum atomic E-state index is 11.4. The van der Waals surface area contributed by atoms with Crippen LogP contribution in [0.15, 0.2) is 24.3 Å². The molecule has 0 spiro atoms. The molecule has 0 N–H and O–H groups in total. The van der Waals surface area contributed by atoms with Gasteiger partial charge in [-0.25, -0.2) is 0 Å². The quantitative estimate of drug-likeness (QED) is 0.794. The van der Waals surface area contributed by atoms with E-state index in [2.05, 4.69) is 26.0 Å². The Balaban J connectivity index is 2.09. The fourth-order valence-electron chi connectivity index (χ4n) is 2.45. The first-order chi connectivity index (χ1) is 8.14. The molecule has 2 heteroatoms. The first-order valence-corrected chi connectivity index (χ1v) is 6.39. The standard InChI is InChI=1S/C15H20O2/c1-3-10-17-14-6-4-12(5-7-14)15(2)9-8-13(16)11-15/h4-7H,3,8-11H2,1-2H3. The van der Waals surface area contributed by atoms with E-state index in [0.29, 0.717) is 12.2 Å². The molecule has 0 aromatic heterocycles. The molecule has 17 heavy (non-hydrogen) atoms. The molecule has 1 aliphatic rings. The third-order valence-corrected chi connectivity index (χ3v) is 3.57. The molecule has 0 saturated heterocycles. The van der Waals surface area contributed by atoms with Crippen LogP contribution < -0.4 is 4.74 Å². The van der Waals surface area contributed by atoms with E-state index < -0.39 is 0 Å².